The van der Waals surface area contributed by atoms with E-state index in [1.807, 2.05) is 39.0 Å². The van der Waals surface area contributed by atoms with Crippen molar-refractivity contribution in [1.29, 1.82) is 0 Å². The molecule has 0 radical (unpaired) electrons. The first-order valence-electron chi connectivity index (χ1n) is 13.3. The number of anilines is 2. The van der Waals surface area contributed by atoms with Crippen molar-refractivity contribution in [3.8, 4) is 28.4 Å². The van der Waals surface area contributed by atoms with Crippen LogP contribution in [0.2, 0.25) is 0 Å². The predicted molar refractivity (Wildman–Crippen MR) is 162 cm³/mol. The van der Waals surface area contributed by atoms with E-state index in [9.17, 15) is 14.0 Å². The number of benzene rings is 3. The van der Waals surface area contributed by atoms with E-state index in [1.54, 1.807) is 44.2 Å². The molecular weight excluding hydrogens is 565 g/mol. The van der Waals surface area contributed by atoms with E-state index in [0.717, 1.165) is 27.9 Å². The second-order valence-corrected chi connectivity index (χ2v) is 10.5. The molecular formula is C31H37ClFN3O6. The van der Waals surface area contributed by atoms with Crippen LogP contribution in [0.25, 0.3) is 11.1 Å². The van der Waals surface area contributed by atoms with Gasteiger partial charge in [0.15, 0.2) is 0 Å². The number of methoxy groups -OCH3 is 1. The summed E-state index contributed by atoms with van der Waals surface area (Å²) in [7, 11) is 3.29. The highest BCUT2D eigenvalue weighted by Crippen LogP contribution is 2.45. The smallest absolute Gasteiger partial charge is 0.320 e. The molecule has 4 rings (SSSR count). The molecule has 0 bridgehead atoms. The van der Waals surface area contributed by atoms with Gasteiger partial charge in [-0.05, 0) is 63.1 Å². The van der Waals surface area contributed by atoms with Crippen molar-refractivity contribution in [1.82, 2.24) is 0 Å². The molecule has 1 heterocycles. The number of ether oxygens (including phenoxy) is 4. The number of rotatable bonds is 10. The van der Waals surface area contributed by atoms with Crippen molar-refractivity contribution in [2.24, 2.45) is 5.73 Å². The number of hydrogen-bond acceptors (Lipinski definition) is 8. The summed E-state index contributed by atoms with van der Waals surface area (Å²) in [6, 6.07) is 13.6. The van der Waals surface area contributed by atoms with Crippen LogP contribution in [0.5, 0.6) is 17.2 Å². The SMILES string of the molecule is COc1cc(OC[C@H](C)OC(=O)CN)ccc1-c1ccc2c(c1COc1cc(F)ccc1C)N(C)C(=O)C(C)(C)N2.Cl. The predicted octanol–water partition coefficient (Wildman–Crippen LogP) is 5.25. The molecule has 1 aliphatic heterocycles. The van der Waals surface area contributed by atoms with Gasteiger partial charge in [0.1, 0.15) is 47.9 Å². The molecule has 0 spiro atoms. The minimum absolute atomic E-state index is 0. The van der Waals surface area contributed by atoms with Gasteiger partial charge in [-0.15, -0.1) is 12.4 Å². The van der Waals surface area contributed by atoms with E-state index in [0.29, 0.717) is 22.9 Å². The maximum absolute atomic E-state index is 14.0. The number of nitrogens with two attached hydrogens (primary N) is 1. The summed E-state index contributed by atoms with van der Waals surface area (Å²) < 4.78 is 36.9. The molecule has 1 atom stereocenters. The quantitative estimate of drug-likeness (QED) is 0.303. The molecule has 0 saturated heterocycles. The highest BCUT2D eigenvalue weighted by Gasteiger charge is 2.38. The van der Waals surface area contributed by atoms with E-state index in [2.05, 4.69) is 5.32 Å². The molecule has 226 valence electrons. The van der Waals surface area contributed by atoms with Crippen LogP contribution in [0.3, 0.4) is 0 Å². The lowest BCUT2D eigenvalue weighted by Gasteiger charge is -2.39. The standard InChI is InChI=1S/C31H36FN3O6.ClH/c1-18-7-8-20(32)13-26(18)40-17-24-22(11-12-25-29(24)35(5)30(37)31(3,4)34-25)23-10-9-21(14-27(23)38-6)39-16-19(2)41-28(36)15-33;/h7-14,19,34H,15-17,33H2,1-6H3;1H/t19-;/m0./s1. The Morgan fingerprint density at radius 1 is 1.07 bits per heavy atom. The number of likely N-dealkylation sites (N-methyl/N-ethyl adjacent to an activating group) is 1. The summed E-state index contributed by atoms with van der Waals surface area (Å²) in [6.07, 6.45) is -0.489. The summed E-state index contributed by atoms with van der Waals surface area (Å²) in [5.41, 5.74) is 8.97. The van der Waals surface area contributed by atoms with Gasteiger partial charge in [0.05, 0.1) is 25.0 Å². The first-order chi connectivity index (χ1) is 19.4. The van der Waals surface area contributed by atoms with E-state index < -0.39 is 23.4 Å². The van der Waals surface area contributed by atoms with Crippen molar-refractivity contribution in [3.63, 3.8) is 0 Å². The van der Waals surface area contributed by atoms with Crippen LogP contribution < -0.4 is 30.2 Å². The van der Waals surface area contributed by atoms with Crippen molar-refractivity contribution in [2.45, 2.75) is 45.9 Å². The van der Waals surface area contributed by atoms with Crippen LogP contribution in [-0.2, 0) is 20.9 Å². The second-order valence-electron chi connectivity index (χ2n) is 10.5. The summed E-state index contributed by atoms with van der Waals surface area (Å²) in [5.74, 6) is 0.433. The topological polar surface area (TPSA) is 112 Å². The third kappa shape index (κ3) is 6.88. The van der Waals surface area contributed by atoms with Crippen LogP contribution >= 0.6 is 12.4 Å². The van der Waals surface area contributed by atoms with Gasteiger partial charge in [-0.2, -0.15) is 0 Å². The number of nitrogens with one attached hydrogen (secondary N) is 1. The molecule has 1 amide bonds. The number of carbonyl (C=O) groups is 2. The van der Waals surface area contributed by atoms with Gasteiger partial charge in [-0.25, -0.2) is 4.39 Å². The lowest BCUT2D eigenvalue weighted by molar-refractivity contribution is -0.147. The zero-order valence-corrected chi connectivity index (χ0v) is 25.4. The third-order valence-corrected chi connectivity index (χ3v) is 6.87. The first-order valence-corrected chi connectivity index (χ1v) is 13.3. The number of esters is 1. The Morgan fingerprint density at radius 2 is 1.79 bits per heavy atom. The zero-order chi connectivity index (χ0) is 29.9. The molecule has 0 aromatic heterocycles. The summed E-state index contributed by atoms with van der Waals surface area (Å²) >= 11 is 0. The van der Waals surface area contributed by atoms with Crippen molar-refractivity contribution in [3.05, 3.63) is 65.5 Å². The largest absolute Gasteiger partial charge is 0.496 e. The fraction of sp³-hybridized carbons (Fsp3) is 0.355. The van der Waals surface area contributed by atoms with Gasteiger partial charge in [0, 0.05) is 30.3 Å². The van der Waals surface area contributed by atoms with Crippen molar-refractivity contribution in [2.75, 3.05) is 37.5 Å². The number of nitrogens with zero attached hydrogens (tertiary/aromatic N) is 1. The van der Waals surface area contributed by atoms with Gasteiger partial charge in [0.2, 0.25) is 0 Å². The van der Waals surface area contributed by atoms with Gasteiger partial charge in [-0.3, -0.25) is 9.59 Å². The third-order valence-electron chi connectivity index (χ3n) is 6.87. The molecule has 0 unspecified atom stereocenters. The van der Waals surface area contributed by atoms with Crippen molar-refractivity contribution >= 4 is 35.7 Å². The Bertz CT molecular complexity index is 1460. The Hall–Kier alpha value is -4.02. The van der Waals surface area contributed by atoms with Gasteiger partial charge in [-0.1, -0.05) is 12.1 Å². The number of halogens is 2. The number of hydrogen-bond donors (Lipinski definition) is 2. The van der Waals surface area contributed by atoms with Crippen LogP contribution in [0.1, 0.15) is 31.9 Å². The molecule has 9 nitrogen and oxygen atoms in total. The maximum Gasteiger partial charge on any atom is 0.320 e. The minimum atomic E-state index is -0.799. The highest BCUT2D eigenvalue weighted by molar-refractivity contribution is 6.08. The molecule has 3 aromatic rings. The van der Waals surface area contributed by atoms with E-state index in [1.165, 1.54) is 12.1 Å². The number of fused-ring (bicyclic) bond motifs is 1. The fourth-order valence-corrected chi connectivity index (χ4v) is 4.81. The van der Waals surface area contributed by atoms with Crippen LogP contribution in [0.15, 0.2) is 48.5 Å². The number of carbonyl (C=O) groups excluding carboxylic acids is 2. The van der Waals surface area contributed by atoms with Crippen LogP contribution in [0.4, 0.5) is 15.8 Å². The van der Waals surface area contributed by atoms with Crippen LogP contribution in [-0.4, -0.2) is 50.8 Å². The number of amides is 1. The molecule has 0 aliphatic carbocycles. The Kier molecular flexibility index (Phi) is 10.3. The average molecular weight is 602 g/mol. The molecule has 3 N–H and O–H groups in total. The molecule has 42 heavy (non-hydrogen) atoms. The molecule has 11 heteroatoms. The van der Waals surface area contributed by atoms with Gasteiger partial charge in [0.25, 0.3) is 5.91 Å². The number of aryl methyl sites for hydroxylation is 1. The highest BCUT2D eigenvalue weighted by atomic mass is 35.5. The lowest BCUT2D eigenvalue weighted by Crippen LogP contribution is -2.52. The van der Waals surface area contributed by atoms with E-state index in [-0.39, 0.29) is 38.1 Å². The van der Waals surface area contributed by atoms with Crippen LogP contribution in [0, 0.1) is 12.7 Å². The fourth-order valence-electron chi connectivity index (χ4n) is 4.81. The monoisotopic (exact) mass is 601 g/mol. The van der Waals surface area contributed by atoms with E-state index >= 15 is 0 Å². The normalized spacial score (nSPS) is 14.2. The summed E-state index contributed by atoms with van der Waals surface area (Å²) in [4.78, 5) is 26.3. The Morgan fingerprint density at radius 3 is 2.48 bits per heavy atom. The lowest BCUT2D eigenvalue weighted by atomic mass is 9.91. The molecule has 3 aromatic carbocycles. The van der Waals surface area contributed by atoms with E-state index in [4.69, 9.17) is 24.7 Å². The van der Waals surface area contributed by atoms with Gasteiger partial charge >= 0.3 is 5.97 Å². The van der Waals surface area contributed by atoms with Gasteiger partial charge < -0.3 is 34.9 Å². The second kappa shape index (κ2) is 13.3. The molecule has 1 aliphatic rings. The summed E-state index contributed by atoms with van der Waals surface area (Å²) in [5, 5.41) is 3.34. The van der Waals surface area contributed by atoms with Crippen molar-refractivity contribution < 1.29 is 32.9 Å². The molecule has 0 fully saturated rings. The average Bonchev–Trinajstić information content (AvgIpc) is 2.94. The summed E-state index contributed by atoms with van der Waals surface area (Å²) in [6.45, 7) is 7.21. The maximum atomic E-state index is 14.0. The molecule has 0 saturated carbocycles. The first kappa shape index (κ1) is 32.5. The minimum Gasteiger partial charge on any atom is -0.496 e. The zero-order valence-electron chi connectivity index (χ0n) is 24.6. The Balaban J connectivity index is 0.00000484. The Labute approximate surface area is 251 Å².